The van der Waals surface area contributed by atoms with Crippen molar-refractivity contribution in [1.29, 1.82) is 0 Å². The second-order valence-corrected chi connectivity index (χ2v) is 4.03. The van der Waals surface area contributed by atoms with Gasteiger partial charge in [0.25, 0.3) is 0 Å². The second-order valence-electron chi connectivity index (χ2n) is 3.04. The lowest BCUT2D eigenvalue weighted by Crippen LogP contribution is -2.37. The van der Waals surface area contributed by atoms with Crippen molar-refractivity contribution >= 4 is 17.7 Å². The van der Waals surface area contributed by atoms with Crippen LogP contribution in [0.2, 0.25) is 0 Å². The van der Waals surface area contributed by atoms with E-state index in [1.807, 2.05) is 6.07 Å². The highest BCUT2D eigenvalue weighted by Gasteiger charge is 2.29. The molecule has 0 fully saturated rings. The summed E-state index contributed by atoms with van der Waals surface area (Å²) >= 11 is 1.21. The summed E-state index contributed by atoms with van der Waals surface area (Å²) in [6.07, 6.45) is 1.62. The van der Waals surface area contributed by atoms with E-state index in [9.17, 15) is 9.90 Å². The van der Waals surface area contributed by atoms with Crippen LogP contribution in [0.5, 0.6) is 0 Å². The summed E-state index contributed by atoms with van der Waals surface area (Å²) in [4.78, 5) is 14.6. The van der Waals surface area contributed by atoms with Gasteiger partial charge in [-0.15, -0.1) is 11.8 Å². The Labute approximate surface area is 86.0 Å². The minimum atomic E-state index is -1.71. The summed E-state index contributed by atoms with van der Waals surface area (Å²) in [5, 5.41) is 18.7. The molecule has 1 rings (SSSR count). The lowest BCUT2D eigenvalue weighted by molar-refractivity contribution is -0.154. The Morgan fingerprint density at radius 2 is 2.36 bits per heavy atom. The van der Waals surface area contributed by atoms with Gasteiger partial charge in [0.05, 0.1) is 5.03 Å². The number of hydrogen-bond donors (Lipinski definition) is 2. The van der Waals surface area contributed by atoms with Crippen LogP contribution < -0.4 is 0 Å². The van der Waals surface area contributed by atoms with E-state index < -0.39 is 11.6 Å². The van der Waals surface area contributed by atoms with Gasteiger partial charge in [-0.1, -0.05) is 6.07 Å². The van der Waals surface area contributed by atoms with Crippen LogP contribution in [0.25, 0.3) is 0 Å². The number of hydrogen-bond acceptors (Lipinski definition) is 4. The molecule has 0 amide bonds. The van der Waals surface area contributed by atoms with Crippen molar-refractivity contribution in [1.82, 2.24) is 4.98 Å². The lowest BCUT2D eigenvalue weighted by Gasteiger charge is -2.16. The third-order valence-corrected chi connectivity index (χ3v) is 2.84. The smallest absolute Gasteiger partial charge is 0.336 e. The van der Waals surface area contributed by atoms with Gasteiger partial charge in [-0.3, -0.25) is 0 Å². The van der Waals surface area contributed by atoms with Gasteiger partial charge in [-0.2, -0.15) is 0 Å². The van der Waals surface area contributed by atoms with E-state index in [1.54, 1.807) is 18.3 Å². The van der Waals surface area contributed by atoms with Gasteiger partial charge in [0, 0.05) is 11.9 Å². The van der Waals surface area contributed by atoms with Crippen LogP contribution in [0.15, 0.2) is 29.4 Å². The molecule has 0 aliphatic carbocycles. The maximum atomic E-state index is 10.6. The molecule has 1 aromatic rings. The SMILES string of the molecule is CC(O)(CSc1ccccn1)C(=O)O. The number of carboxylic acids is 1. The molecule has 1 heterocycles. The highest BCUT2D eigenvalue weighted by Crippen LogP contribution is 2.20. The van der Waals surface area contributed by atoms with E-state index in [0.29, 0.717) is 5.03 Å². The van der Waals surface area contributed by atoms with Crippen molar-refractivity contribution in [3.63, 3.8) is 0 Å². The number of nitrogens with zero attached hydrogens (tertiary/aromatic N) is 1. The van der Waals surface area contributed by atoms with Crippen LogP contribution in [0, 0.1) is 0 Å². The normalized spacial score (nSPS) is 14.7. The first kappa shape index (κ1) is 11.0. The molecular formula is C9H11NO3S. The van der Waals surface area contributed by atoms with Crippen molar-refractivity contribution in [2.45, 2.75) is 17.6 Å². The van der Waals surface area contributed by atoms with Gasteiger partial charge in [-0.25, -0.2) is 9.78 Å². The minimum absolute atomic E-state index is 0.0827. The molecule has 76 valence electrons. The Kier molecular flexibility index (Phi) is 3.49. The zero-order chi connectivity index (χ0) is 10.6. The minimum Gasteiger partial charge on any atom is -0.479 e. The van der Waals surface area contributed by atoms with Crippen molar-refractivity contribution in [2.24, 2.45) is 0 Å². The van der Waals surface area contributed by atoms with Crippen molar-refractivity contribution in [3.8, 4) is 0 Å². The van der Waals surface area contributed by atoms with Crippen molar-refractivity contribution < 1.29 is 15.0 Å². The molecular weight excluding hydrogens is 202 g/mol. The molecule has 4 nitrogen and oxygen atoms in total. The Balaban J connectivity index is 2.53. The fourth-order valence-corrected chi connectivity index (χ4v) is 1.57. The number of pyridine rings is 1. The van der Waals surface area contributed by atoms with Crippen LogP contribution in [-0.4, -0.2) is 32.5 Å². The molecule has 0 bridgehead atoms. The van der Waals surface area contributed by atoms with Crippen LogP contribution in [-0.2, 0) is 4.79 Å². The highest BCUT2D eigenvalue weighted by atomic mass is 32.2. The van der Waals surface area contributed by atoms with E-state index >= 15 is 0 Å². The summed E-state index contributed by atoms with van der Waals surface area (Å²) in [6, 6.07) is 5.35. The maximum absolute atomic E-state index is 10.6. The Bertz CT molecular complexity index is 313. The first-order chi connectivity index (χ1) is 6.52. The van der Waals surface area contributed by atoms with E-state index in [1.165, 1.54) is 18.7 Å². The highest BCUT2D eigenvalue weighted by molar-refractivity contribution is 7.99. The number of aromatic nitrogens is 1. The van der Waals surface area contributed by atoms with Crippen LogP contribution in [0.4, 0.5) is 0 Å². The Morgan fingerprint density at radius 1 is 1.64 bits per heavy atom. The largest absolute Gasteiger partial charge is 0.479 e. The maximum Gasteiger partial charge on any atom is 0.336 e. The summed E-state index contributed by atoms with van der Waals surface area (Å²) in [5.74, 6) is -1.14. The summed E-state index contributed by atoms with van der Waals surface area (Å²) in [7, 11) is 0. The summed E-state index contributed by atoms with van der Waals surface area (Å²) in [6.45, 7) is 1.27. The zero-order valence-corrected chi connectivity index (χ0v) is 8.49. The number of carbonyl (C=O) groups is 1. The summed E-state index contributed by atoms with van der Waals surface area (Å²) in [5.41, 5.74) is -1.71. The van der Waals surface area contributed by atoms with Crippen molar-refractivity contribution in [3.05, 3.63) is 24.4 Å². The number of aliphatic carboxylic acids is 1. The van der Waals surface area contributed by atoms with Gasteiger partial charge in [-0.05, 0) is 19.1 Å². The Morgan fingerprint density at radius 3 is 2.86 bits per heavy atom. The third kappa shape index (κ3) is 3.01. The van der Waals surface area contributed by atoms with Crippen LogP contribution in [0.3, 0.4) is 0 Å². The number of carboxylic acid groups (broad SMARTS) is 1. The molecule has 2 N–H and O–H groups in total. The molecule has 5 heteroatoms. The Hall–Kier alpha value is -1.07. The van der Waals surface area contributed by atoms with Crippen LogP contribution >= 0.6 is 11.8 Å². The van der Waals surface area contributed by atoms with Gasteiger partial charge in [0.1, 0.15) is 0 Å². The molecule has 0 aliphatic rings. The fraction of sp³-hybridized carbons (Fsp3) is 0.333. The predicted octanol–water partition coefficient (Wildman–Crippen LogP) is 1.01. The summed E-state index contributed by atoms with van der Waals surface area (Å²) < 4.78 is 0. The molecule has 0 radical (unpaired) electrons. The van der Waals surface area contributed by atoms with E-state index in [0.717, 1.165) is 0 Å². The molecule has 0 spiro atoms. The van der Waals surface area contributed by atoms with E-state index in [4.69, 9.17) is 5.11 Å². The average molecular weight is 213 g/mol. The molecule has 0 saturated carbocycles. The first-order valence-corrected chi connectivity index (χ1v) is 5.00. The molecule has 0 aromatic carbocycles. The van der Waals surface area contributed by atoms with Gasteiger partial charge in [0.15, 0.2) is 5.60 Å². The molecule has 0 saturated heterocycles. The van der Waals surface area contributed by atoms with Crippen LogP contribution in [0.1, 0.15) is 6.92 Å². The molecule has 0 aliphatic heterocycles. The predicted molar refractivity (Wildman–Crippen MR) is 53.2 cm³/mol. The monoisotopic (exact) mass is 213 g/mol. The number of rotatable bonds is 4. The quantitative estimate of drug-likeness (QED) is 0.730. The average Bonchev–Trinajstić information content (AvgIpc) is 2.16. The first-order valence-electron chi connectivity index (χ1n) is 4.02. The number of aliphatic hydroxyl groups is 1. The van der Waals surface area contributed by atoms with Gasteiger partial charge in [0.2, 0.25) is 0 Å². The van der Waals surface area contributed by atoms with Gasteiger partial charge >= 0.3 is 5.97 Å². The third-order valence-electron chi connectivity index (χ3n) is 1.60. The topological polar surface area (TPSA) is 70.4 Å². The van der Waals surface area contributed by atoms with Gasteiger partial charge < -0.3 is 10.2 Å². The lowest BCUT2D eigenvalue weighted by atomic mass is 10.1. The second kappa shape index (κ2) is 4.43. The number of thioether (sulfide) groups is 1. The zero-order valence-electron chi connectivity index (χ0n) is 7.67. The van der Waals surface area contributed by atoms with E-state index in [2.05, 4.69) is 4.98 Å². The van der Waals surface area contributed by atoms with Crippen molar-refractivity contribution in [2.75, 3.05) is 5.75 Å². The van der Waals surface area contributed by atoms with E-state index in [-0.39, 0.29) is 5.75 Å². The standard InChI is InChI=1S/C9H11NO3S/c1-9(13,8(11)12)6-14-7-4-2-3-5-10-7/h2-5,13H,6H2,1H3,(H,11,12). The molecule has 14 heavy (non-hydrogen) atoms. The molecule has 1 aromatic heterocycles. The fourth-order valence-electron chi connectivity index (χ4n) is 0.709. The molecule has 1 unspecified atom stereocenters. The molecule has 1 atom stereocenters.